The number of hydrogen-bond donors (Lipinski definition) is 0. The Hall–Kier alpha value is -2.18. The highest BCUT2D eigenvalue weighted by atomic mass is 35.5. The van der Waals surface area contributed by atoms with Crippen LogP contribution >= 0.6 is 23.4 Å². The van der Waals surface area contributed by atoms with Gasteiger partial charge < -0.3 is 4.74 Å². The molecule has 2 heterocycles. The third-order valence-corrected chi connectivity index (χ3v) is 4.16. The molecule has 3 rings (SSSR count). The molecule has 3 aromatic rings. The number of aromatic nitrogens is 3. The minimum atomic E-state index is -0.351. The van der Waals surface area contributed by atoms with Crippen molar-refractivity contribution in [3.63, 3.8) is 0 Å². The van der Waals surface area contributed by atoms with Crippen molar-refractivity contribution in [3.8, 4) is 0 Å². The van der Waals surface area contributed by atoms with Gasteiger partial charge in [-0.3, -0.25) is 0 Å². The predicted octanol–water partition coefficient (Wildman–Crippen LogP) is 3.80. The molecule has 1 aromatic carbocycles. The maximum absolute atomic E-state index is 11.9. The summed E-state index contributed by atoms with van der Waals surface area (Å²) in [5.74, 6) is -0.351. The minimum Gasteiger partial charge on any atom is -0.462 e. The lowest BCUT2D eigenvalue weighted by Crippen LogP contribution is -2.08. The summed E-state index contributed by atoms with van der Waals surface area (Å²) in [6.07, 6.45) is 4.09. The molecule has 0 amide bonds. The third kappa shape index (κ3) is 3.83. The smallest absolute Gasteiger partial charge is 0.338 e. The van der Waals surface area contributed by atoms with Gasteiger partial charge in [-0.2, -0.15) is 0 Å². The molecule has 0 aliphatic heterocycles. The van der Waals surface area contributed by atoms with Crippen molar-refractivity contribution in [2.75, 3.05) is 12.9 Å². The van der Waals surface area contributed by atoms with Gasteiger partial charge in [-0.15, -0.1) is 0 Å². The van der Waals surface area contributed by atoms with Crippen molar-refractivity contribution in [2.45, 2.75) is 11.6 Å². The first-order chi connectivity index (χ1) is 11.7. The summed E-state index contributed by atoms with van der Waals surface area (Å²) in [5.41, 5.74) is 1.88. The van der Waals surface area contributed by atoms with Crippen LogP contribution < -0.4 is 0 Å². The lowest BCUT2D eigenvalue weighted by molar-refractivity contribution is 0.0508. The van der Waals surface area contributed by atoms with E-state index in [1.54, 1.807) is 30.5 Å². The van der Waals surface area contributed by atoms with Gasteiger partial charge >= 0.3 is 5.97 Å². The van der Waals surface area contributed by atoms with Gasteiger partial charge in [-0.1, -0.05) is 41.6 Å². The normalized spacial score (nSPS) is 10.8. The zero-order valence-electron chi connectivity index (χ0n) is 12.9. The quantitative estimate of drug-likeness (QED) is 0.299. The Balaban J connectivity index is 1.68. The van der Waals surface area contributed by atoms with Crippen molar-refractivity contribution < 1.29 is 9.53 Å². The molecule has 0 aliphatic rings. The Morgan fingerprint density at radius 3 is 2.79 bits per heavy atom. The lowest BCUT2D eigenvalue weighted by atomic mass is 10.2. The first kappa shape index (κ1) is 16.7. The van der Waals surface area contributed by atoms with Crippen LogP contribution in [0.3, 0.4) is 0 Å². The molecular weight excluding hydrogens is 346 g/mol. The molecule has 0 aliphatic carbocycles. The molecule has 5 nitrogen and oxygen atoms in total. The molecule has 24 heavy (non-hydrogen) atoms. The van der Waals surface area contributed by atoms with E-state index in [0.29, 0.717) is 27.8 Å². The van der Waals surface area contributed by atoms with E-state index in [9.17, 15) is 4.79 Å². The summed E-state index contributed by atoms with van der Waals surface area (Å²) in [6, 6.07) is 10.7. The van der Waals surface area contributed by atoms with Crippen molar-refractivity contribution in [3.05, 3.63) is 59.0 Å². The highest BCUT2D eigenvalue weighted by Crippen LogP contribution is 2.22. The van der Waals surface area contributed by atoms with Gasteiger partial charge in [0, 0.05) is 23.7 Å². The average Bonchev–Trinajstić information content (AvgIpc) is 2.62. The van der Waals surface area contributed by atoms with Crippen LogP contribution in [0.2, 0.25) is 5.15 Å². The minimum absolute atomic E-state index is 0.228. The molecule has 0 bridgehead atoms. The summed E-state index contributed by atoms with van der Waals surface area (Å²) in [5, 5.41) is 1.79. The van der Waals surface area contributed by atoms with Crippen LogP contribution in [0.15, 0.2) is 47.8 Å². The predicted molar refractivity (Wildman–Crippen MR) is 94.6 cm³/mol. The van der Waals surface area contributed by atoms with Gasteiger partial charge in [0.25, 0.3) is 0 Å². The summed E-state index contributed by atoms with van der Waals surface area (Å²) >= 11 is 7.66. The average molecular weight is 360 g/mol. The Morgan fingerprint density at radius 1 is 1.25 bits per heavy atom. The van der Waals surface area contributed by atoms with E-state index in [4.69, 9.17) is 16.3 Å². The van der Waals surface area contributed by atoms with Crippen molar-refractivity contribution in [1.29, 1.82) is 0 Å². The van der Waals surface area contributed by atoms with Crippen LogP contribution in [-0.2, 0) is 11.2 Å². The number of rotatable bonds is 5. The second-order valence-electron chi connectivity index (χ2n) is 4.95. The number of esters is 1. The van der Waals surface area contributed by atoms with E-state index in [-0.39, 0.29) is 12.6 Å². The molecule has 0 fully saturated rings. The number of carbonyl (C=O) groups excluding carboxylic acids is 1. The molecule has 0 radical (unpaired) electrons. The van der Waals surface area contributed by atoms with Crippen LogP contribution in [0.1, 0.15) is 16.1 Å². The molecule has 0 saturated heterocycles. The fraction of sp³-hybridized carbons (Fsp3) is 0.176. The van der Waals surface area contributed by atoms with Crippen molar-refractivity contribution >= 4 is 40.2 Å². The van der Waals surface area contributed by atoms with Crippen molar-refractivity contribution in [1.82, 2.24) is 15.0 Å². The molecule has 0 N–H and O–H groups in total. The van der Waals surface area contributed by atoms with Crippen LogP contribution in [0.4, 0.5) is 0 Å². The molecule has 0 unspecified atom stereocenters. The first-order valence-electron chi connectivity index (χ1n) is 7.25. The largest absolute Gasteiger partial charge is 0.462 e. The molecule has 0 saturated carbocycles. The van der Waals surface area contributed by atoms with E-state index in [1.807, 2.05) is 18.4 Å². The van der Waals surface area contributed by atoms with Gasteiger partial charge in [0.15, 0.2) is 10.3 Å². The Morgan fingerprint density at radius 2 is 2.04 bits per heavy atom. The topological polar surface area (TPSA) is 65.0 Å². The highest BCUT2D eigenvalue weighted by Gasteiger charge is 2.10. The monoisotopic (exact) mass is 359 g/mol. The zero-order valence-corrected chi connectivity index (χ0v) is 14.5. The van der Waals surface area contributed by atoms with Gasteiger partial charge in [0.2, 0.25) is 0 Å². The first-order valence-corrected chi connectivity index (χ1v) is 8.86. The molecule has 0 spiro atoms. The van der Waals surface area contributed by atoms with E-state index in [1.165, 1.54) is 11.8 Å². The van der Waals surface area contributed by atoms with Gasteiger partial charge in [-0.25, -0.2) is 19.7 Å². The number of fused-ring (bicyclic) bond motifs is 1. The Bertz CT molecular complexity index is 874. The zero-order chi connectivity index (χ0) is 16.9. The number of thioether (sulfide) groups is 1. The SMILES string of the molecule is CSc1ncc2cc(CCOC(=O)c3ccccc3)nc(Cl)c2n1. The maximum atomic E-state index is 11.9. The molecule has 7 heteroatoms. The lowest BCUT2D eigenvalue weighted by Gasteiger charge is -2.07. The third-order valence-electron chi connectivity index (χ3n) is 3.34. The van der Waals surface area contributed by atoms with E-state index in [0.717, 1.165) is 11.1 Å². The highest BCUT2D eigenvalue weighted by molar-refractivity contribution is 7.98. The van der Waals surface area contributed by atoms with Crippen LogP contribution in [0, 0.1) is 0 Å². The second kappa shape index (κ2) is 7.59. The Kier molecular flexibility index (Phi) is 5.27. The number of ether oxygens (including phenoxy) is 1. The summed E-state index contributed by atoms with van der Waals surface area (Å²) in [7, 11) is 0. The Labute approximate surface area is 148 Å². The fourth-order valence-corrected chi connectivity index (χ4v) is 2.77. The number of hydrogen-bond acceptors (Lipinski definition) is 6. The van der Waals surface area contributed by atoms with Crippen molar-refractivity contribution in [2.24, 2.45) is 0 Å². The van der Waals surface area contributed by atoms with E-state index in [2.05, 4.69) is 15.0 Å². The number of carbonyl (C=O) groups is 1. The maximum Gasteiger partial charge on any atom is 0.338 e. The van der Waals surface area contributed by atoms with Gasteiger partial charge in [0.05, 0.1) is 12.2 Å². The van der Waals surface area contributed by atoms with E-state index < -0.39 is 0 Å². The second-order valence-corrected chi connectivity index (χ2v) is 6.08. The van der Waals surface area contributed by atoms with Crippen LogP contribution in [0.25, 0.3) is 10.9 Å². The number of pyridine rings is 1. The standard InChI is InChI=1S/C17H14ClN3O2S/c1-24-17-19-10-12-9-13(20-15(18)14(12)21-17)7-8-23-16(22)11-5-3-2-4-6-11/h2-6,9-10H,7-8H2,1H3. The molecule has 122 valence electrons. The summed E-state index contributed by atoms with van der Waals surface area (Å²) in [4.78, 5) is 24.8. The number of halogens is 1. The summed E-state index contributed by atoms with van der Waals surface area (Å²) in [6.45, 7) is 0.228. The molecule has 2 aromatic heterocycles. The van der Waals surface area contributed by atoms with Gasteiger partial charge in [0.1, 0.15) is 5.52 Å². The molecule has 0 atom stereocenters. The fourth-order valence-electron chi connectivity index (χ4n) is 2.17. The summed E-state index contributed by atoms with van der Waals surface area (Å²) < 4.78 is 5.26. The molecular formula is C17H14ClN3O2S. The van der Waals surface area contributed by atoms with Crippen LogP contribution in [0.5, 0.6) is 0 Å². The van der Waals surface area contributed by atoms with Crippen LogP contribution in [-0.4, -0.2) is 33.8 Å². The van der Waals surface area contributed by atoms with E-state index >= 15 is 0 Å². The van der Waals surface area contributed by atoms with Gasteiger partial charge in [-0.05, 0) is 24.5 Å². The number of benzene rings is 1. The number of nitrogens with zero attached hydrogens (tertiary/aromatic N) is 3.